The Morgan fingerprint density at radius 2 is 1.83 bits per heavy atom. The van der Waals surface area contributed by atoms with Gasteiger partial charge in [0.15, 0.2) is 0 Å². The fraction of sp³-hybridized carbons (Fsp3) is 0.176. The van der Waals surface area contributed by atoms with Crippen molar-refractivity contribution in [1.82, 2.24) is 0 Å². The monoisotopic (exact) mass is 318 g/mol. The number of carbonyl (C=O) groups excluding carboxylic acids is 1. The largest absolute Gasteiger partial charge is 0.416 e. The number of benzene rings is 2. The third-order valence-electron chi connectivity index (χ3n) is 3.67. The van der Waals surface area contributed by atoms with E-state index in [0.29, 0.717) is 36.5 Å². The second-order valence-electron chi connectivity index (χ2n) is 5.12. The quantitative estimate of drug-likeness (QED) is 0.780. The van der Waals surface area contributed by atoms with Gasteiger partial charge in [0.1, 0.15) is 0 Å². The zero-order valence-corrected chi connectivity index (χ0v) is 12.0. The molecule has 3 nitrogen and oxygen atoms in total. The van der Waals surface area contributed by atoms with Crippen molar-refractivity contribution < 1.29 is 18.0 Å². The van der Waals surface area contributed by atoms with Crippen molar-refractivity contribution >= 4 is 17.8 Å². The number of amides is 1. The molecule has 0 radical (unpaired) electrons. The van der Waals surface area contributed by atoms with Gasteiger partial charge in [-0.15, -0.1) is 0 Å². The summed E-state index contributed by atoms with van der Waals surface area (Å²) in [6.45, 7) is 0.664. The molecule has 2 aromatic carbocycles. The lowest BCUT2D eigenvalue weighted by Crippen LogP contribution is -2.24. The second kappa shape index (κ2) is 5.87. The fourth-order valence-corrected chi connectivity index (χ4v) is 2.58. The number of fused-ring (bicyclic) bond motifs is 1. The first kappa shape index (κ1) is 15.3. The van der Waals surface area contributed by atoms with Gasteiger partial charge in [-0.3, -0.25) is 9.79 Å². The number of benzodiazepines with no additional fused rings is 1. The van der Waals surface area contributed by atoms with E-state index in [9.17, 15) is 18.0 Å². The van der Waals surface area contributed by atoms with Crippen LogP contribution in [0, 0.1) is 0 Å². The predicted molar refractivity (Wildman–Crippen MR) is 81.8 cm³/mol. The van der Waals surface area contributed by atoms with E-state index in [1.54, 1.807) is 24.3 Å². The summed E-state index contributed by atoms with van der Waals surface area (Å²) in [5.41, 5.74) is 1.19. The Balaban J connectivity index is 2.21. The van der Waals surface area contributed by atoms with Crippen molar-refractivity contribution in [2.24, 2.45) is 4.99 Å². The predicted octanol–water partition coefficient (Wildman–Crippen LogP) is 3.52. The first-order chi connectivity index (χ1) is 11.0. The number of nitrogens with zero attached hydrogens (tertiary/aromatic N) is 2. The summed E-state index contributed by atoms with van der Waals surface area (Å²) in [6, 6.07) is 12.4. The van der Waals surface area contributed by atoms with Gasteiger partial charge in [0, 0.05) is 17.7 Å². The lowest BCUT2D eigenvalue weighted by atomic mass is 9.98. The minimum Gasteiger partial charge on any atom is -0.312 e. The number of hydrogen-bond acceptors (Lipinski definition) is 2. The van der Waals surface area contributed by atoms with Crippen molar-refractivity contribution in [3.63, 3.8) is 0 Å². The van der Waals surface area contributed by atoms with Gasteiger partial charge in [-0.05, 0) is 18.2 Å². The smallest absolute Gasteiger partial charge is 0.312 e. The molecule has 0 unspecified atom stereocenters. The Bertz CT molecular complexity index is 754. The van der Waals surface area contributed by atoms with E-state index in [1.807, 2.05) is 6.07 Å². The van der Waals surface area contributed by atoms with Crippen molar-refractivity contribution in [3.8, 4) is 0 Å². The SMILES string of the molecule is O=CN1CCN=C(c2ccccc2)c2cc(C(F)(F)F)ccc21. The Morgan fingerprint density at radius 3 is 2.48 bits per heavy atom. The minimum atomic E-state index is -4.45. The van der Waals surface area contributed by atoms with Crippen molar-refractivity contribution in [2.45, 2.75) is 6.18 Å². The molecule has 1 heterocycles. The Morgan fingerprint density at radius 1 is 1.09 bits per heavy atom. The van der Waals surface area contributed by atoms with Gasteiger partial charge < -0.3 is 4.90 Å². The first-order valence-electron chi connectivity index (χ1n) is 7.04. The minimum absolute atomic E-state index is 0.315. The van der Waals surface area contributed by atoms with Crippen LogP contribution in [0.5, 0.6) is 0 Å². The van der Waals surface area contributed by atoms with E-state index in [2.05, 4.69) is 4.99 Å². The molecule has 1 aliphatic rings. The number of halogens is 3. The summed E-state index contributed by atoms with van der Waals surface area (Å²) in [7, 11) is 0. The summed E-state index contributed by atoms with van der Waals surface area (Å²) in [6.07, 6.45) is -3.83. The molecular weight excluding hydrogens is 305 g/mol. The first-order valence-corrected chi connectivity index (χ1v) is 7.04. The van der Waals surface area contributed by atoms with Crippen LogP contribution >= 0.6 is 0 Å². The molecule has 0 atom stereocenters. The van der Waals surface area contributed by atoms with Gasteiger partial charge in [0.25, 0.3) is 0 Å². The highest BCUT2D eigenvalue weighted by atomic mass is 19.4. The topological polar surface area (TPSA) is 32.7 Å². The fourth-order valence-electron chi connectivity index (χ4n) is 2.58. The van der Waals surface area contributed by atoms with Crippen LogP contribution in [0.15, 0.2) is 53.5 Å². The zero-order valence-electron chi connectivity index (χ0n) is 12.0. The maximum atomic E-state index is 13.0. The molecule has 0 bridgehead atoms. The van der Waals surface area contributed by atoms with E-state index in [1.165, 1.54) is 11.0 Å². The lowest BCUT2D eigenvalue weighted by molar-refractivity contribution is -0.137. The second-order valence-corrected chi connectivity index (χ2v) is 5.12. The van der Waals surface area contributed by atoms with E-state index in [4.69, 9.17) is 0 Å². The van der Waals surface area contributed by atoms with Crippen LogP contribution in [0.4, 0.5) is 18.9 Å². The highest BCUT2D eigenvalue weighted by molar-refractivity contribution is 6.17. The van der Waals surface area contributed by atoms with Gasteiger partial charge in [-0.25, -0.2) is 0 Å². The molecule has 0 saturated carbocycles. The number of carbonyl (C=O) groups is 1. The molecule has 3 rings (SSSR count). The zero-order chi connectivity index (χ0) is 16.4. The van der Waals surface area contributed by atoms with Crippen LogP contribution in [-0.4, -0.2) is 25.2 Å². The Labute approximate surface area is 131 Å². The van der Waals surface area contributed by atoms with Crippen molar-refractivity contribution in [1.29, 1.82) is 0 Å². The lowest BCUT2D eigenvalue weighted by Gasteiger charge is -2.19. The molecule has 0 saturated heterocycles. The van der Waals surface area contributed by atoms with Crippen LogP contribution in [-0.2, 0) is 11.0 Å². The van der Waals surface area contributed by atoms with Crippen LogP contribution in [0.2, 0.25) is 0 Å². The maximum Gasteiger partial charge on any atom is 0.416 e. The van der Waals surface area contributed by atoms with Gasteiger partial charge in [0.2, 0.25) is 6.41 Å². The molecule has 0 aromatic heterocycles. The van der Waals surface area contributed by atoms with Crippen LogP contribution in [0.3, 0.4) is 0 Å². The molecule has 0 fully saturated rings. The number of alkyl halides is 3. The number of anilines is 1. The summed E-state index contributed by atoms with van der Waals surface area (Å²) in [5.74, 6) is 0. The van der Waals surface area contributed by atoms with Crippen molar-refractivity contribution in [3.05, 3.63) is 65.2 Å². The highest BCUT2D eigenvalue weighted by Crippen LogP contribution is 2.34. The molecular formula is C17H13F3N2O. The molecule has 2 aromatic rings. The summed E-state index contributed by atoms with van der Waals surface area (Å²) in [5, 5.41) is 0. The molecule has 1 amide bonds. The summed E-state index contributed by atoms with van der Waals surface area (Å²) >= 11 is 0. The number of hydrogen-bond donors (Lipinski definition) is 0. The third kappa shape index (κ3) is 2.97. The van der Waals surface area contributed by atoms with Gasteiger partial charge in [-0.1, -0.05) is 30.3 Å². The standard InChI is InChI=1S/C17H13F3N2O/c18-17(19,20)13-6-7-15-14(10-13)16(12-4-2-1-3-5-12)21-8-9-22(15)11-23/h1-7,10-11H,8-9H2. The molecule has 23 heavy (non-hydrogen) atoms. The summed E-state index contributed by atoms with van der Waals surface area (Å²) in [4.78, 5) is 17.0. The van der Waals surface area contributed by atoms with E-state index in [-0.39, 0.29) is 0 Å². The van der Waals surface area contributed by atoms with Crippen LogP contribution in [0.25, 0.3) is 0 Å². The Kier molecular flexibility index (Phi) is 3.90. The number of rotatable bonds is 2. The van der Waals surface area contributed by atoms with Gasteiger partial charge in [0.05, 0.1) is 23.5 Å². The van der Waals surface area contributed by atoms with Crippen molar-refractivity contribution in [2.75, 3.05) is 18.0 Å². The number of aliphatic imine (C=N–C) groups is 1. The van der Waals surface area contributed by atoms with E-state index < -0.39 is 11.7 Å². The molecule has 0 N–H and O–H groups in total. The van der Waals surface area contributed by atoms with Crippen LogP contribution in [0.1, 0.15) is 16.7 Å². The van der Waals surface area contributed by atoms with Gasteiger partial charge in [-0.2, -0.15) is 13.2 Å². The third-order valence-corrected chi connectivity index (χ3v) is 3.67. The maximum absolute atomic E-state index is 13.0. The molecule has 6 heteroatoms. The molecule has 118 valence electrons. The normalized spacial score (nSPS) is 14.7. The van der Waals surface area contributed by atoms with E-state index in [0.717, 1.165) is 17.7 Å². The van der Waals surface area contributed by atoms with E-state index >= 15 is 0 Å². The molecule has 0 aliphatic carbocycles. The highest BCUT2D eigenvalue weighted by Gasteiger charge is 2.32. The molecule has 0 spiro atoms. The van der Waals surface area contributed by atoms with Crippen LogP contribution < -0.4 is 4.90 Å². The average molecular weight is 318 g/mol. The van der Waals surface area contributed by atoms with Gasteiger partial charge >= 0.3 is 6.18 Å². The Hall–Kier alpha value is -2.63. The summed E-state index contributed by atoms with van der Waals surface area (Å²) < 4.78 is 39.1. The average Bonchev–Trinajstić information content (AvgIpc) is 2.73. The molecule has 1 aliphatic heterocycles.